The van der Waals surface area contributed by atoms with E-state index in [1.807, 2.05) is 0 Å². The minimum Gasteiger partial charge on any atom is -0.348 e. The number of amides is 1. The third-order valence-electron chi connectivity index (χ3n) is 5.97. The lowest BCUT2D eigenvalue weighted by atomic mass is 9.67. The minimum absolute atomic E-state index is 0.106. The molecule has 8 heteroatoms. The Hall–Kier alpha value is -1.67. The highest BCUT2D eigenvalue weighted by molar-refractivity contribution is 7.20. The maximum absolute atomic E-state index is 12.9. The summed E-state index contributed by atoms with van der Waals surface area (Å²) in [5.74, 6) is 0.573. The molecule has 2 aromatic heterocycles. The molecule has 4 rings (SSSR count). The number of halogens is 3. The van der Waals surface area contributed by atoms with Gasteiger partial charge in [0, 0.05) is 17.5 Å². The van der Waals surface area contributed by atoms with E-state index in [0.717, 1.165) is 43.1 Å². The first kappa shape index (κ1) is 18.7. The zero-order valence-corrected chi connectivity index (χ0v) is 15.8. The minimum atomic E-state index is -4.49. The van der Waals surface area contributed by atoms with Crippen LogP contribution in [-0.4, -0.2) is 23.0 Å². The van der Waals surface area contributed by atoms with Crippen LogP contribution in [0.4, 0.5) is 13.2 Å². The van der Waals surface area contributed by atoms with Crippen LogP contribution in [0.2, 0.25) is 0 Å². The van der Waals surface area contributed by atoms with Gasteiger partial charge in [0.05, 0.1) is 4.88 Å². The molecule has 0 saturated heterocycles. The van der Waals surface area contributed by atoms with Crippen LogP contribution < -0.4 is 11.1 Å². The fourth-order valence-corrected chi connectivity index (χ4v) is 5.80. The van der Waals surface area contributed by atoms with Crippen LogP contribution in [0.3, 0.4) is 0 Å². The van der Waals surface area contributed by atoms with Crippen LogP contribution in [0, 0.1) is 18.8 Å². The van der Waals surface area contributed by atoms with E-state index in [-0.39, 0.29) is 22.8 Å². The van der Waals surface area contributed by atoms with Crippen LogP contribution in [0.1, 0.15) is 53.0 Å². The summed E-state index contributed by atoms with van der Waals surface area (Å²) in [5.41, 5.74) is 5.90. The Balaban J connectivity index is 1.60. The smallest absolute Gasteiger partial charge is 0.348 e. The predicted octanol–water partition coefficient (Wildman–Crippen LogP) is 4.26. The number of carbonyl (C=O) groups is 1. The van der Waals surface area contributed by atoms with Crippen LogP contribution in [0.25, 0.3) is 10.2 Å². The van der Waals surface area contributed by atoms with E-state index >= 15 is 0 Å². The second-order valence-electron chi connectivity index (χ2n) is 7.78. The first-order valence-corrected chi connectivity index (χ1v) is 10.1. The number of nitrogens with two attached hydrogens (primary N) is 1. The summed E-state index contributed by atoms with van der Waals surface area (Å²) in [6.07, 6.45) is 0.647. The molecule has 2 aliphatic rings. The van der Waals surface area contributed by atoms with Crippen molar-refractivity contribution in [2.45, 2.75) is 57.3 Å². The van der Waals surface area contributed by atoms with Crippen molar-refractivity contribution in [1.29, 1.82) is 0 Å². The van der Waals surface area contributed by atoms with Gasteiger partial charge in [-0.3, -0.25) is 4.79 Å². The second kappa shape index (κ2) is 6.74. The van der Waals surface area contributed by atoms with Gasteiger partial charge in [-0.2, -0.15) is 13.2 Å². The van der Waals surface area contributed by atoms with E-state index in [1.54, 1.807) is 6.92 Å². The molecule has 27 heavy (non-hydrogen) atoms. The molecule has 2 saturated carbocycles. The Bertz CT molecular complexity index is 865. The van der Waals surface area contributed by atoms with Gasteiger partial charge in [0.1, 0.15) is 10.5 Å². The number of nitrogens with zero attached hydrogens (tertiary/aromatic N) is 1. The van der Waals surface area contributed by atoms with Gasteiger partial charge in [-0.05, 0) is 62.1 Å². The molecule has 0 aliphatic heterocycles. The Labute approximate surface area is 159 Å². The van der Waals surface area contributed by atoms with Crippen molar-refractivity contribution < 1.29 is 18.0 Å². The second-order valence-corrected chi connectivity index (χ2v) is 8.78. The molecule has 0 radical (unpaired) electrons. The highest BCUT2D eigenvalue weighted by Gasteiger charge is 2.40. The summed E-state index contributed by atoms with van der Waals surface area (Å²) in [5, 5.41) is 3.77. The molecular formula is C19H22F3N3OS. The fourth-order valence-electron chi connectivity index (χ4n) is 4.72. The van der Waals surface area contributed by atoms with Gasteiger partial charge in [0.15, 0.2) is 0 Å². The summed E-state index contributed by atoms with van der Waals surface area (Å²) in [6, 6.07) is 2.68. The predicted molar refractivity (Wildman–Crippen MR) is 98.7 cm³/mol. The normalized spacial score (nSPS) is 28.3. The average Bonchev–Trinajstić information content (AvgIpc) is 2.91. The van der Waals surface area contributed by atoms with Crippen molar-refractivity contribution in [2.75, 3.05) is 0 Å². The van der Waals surface area contributed by atoms with Crippen molar-refractivity contribution in [3.63, 3.8) is 0 Å². The first-order chi connectivity index (χ1) is 12.7. The molecule has 0 spiro atoms. The van der Waals surface area contributed by atoms with Crippen molar-refractivity contribution in [3.05, 3.63) is 28.3 Å². The lowest BCUT2D eigenvalue weighted by molar-refractivity contribution is -0.140. The molecule has 2 aromatic rings. The number of fused-ring (bicyclic) bond motifs is 3. The number of pyridine rings is 1. The number of rotatable bonds is 2. The van der Waals surface area contributed by atoms with E-state index in [4.69, 9.17) is 5.73 Å². The third-order valence-corrected chi connectivity index (χ3v) is 7.17. The zero-order chi connectivity index (χ0) is 19.3. The molecule has 2 unspecified atom stereocenters. The van der Waals surface area contributed by atoms with Gasteiger partial charge >= 0.3 is 6.18 Å². The number of hydrogen-bond donors (Lipinski definition) is 2. The van der Waals surface area contributed by atoms with E-state index in [2.05, 4.69) is 10.3 Å². The molecule has 146 valence electrons. The van der Waals surface area contributed by atoms with Gasteiger partial charge in [-0.1, -0.05) is 6.42 Å². The lowest BCUT2D eigenvalue weighted by Gasteiger charge is -2.45. The highest BCUT2D eigenvalue weighted by Crippen LogP contribution is 2.40. The molecule has 0 aromatic carbocycles. The van der Waals surface area contributed by atoms with Crippen molar-refractivity contribution in [1.82, 2.24) is 10.3 Å². The van der Waals surface area contributed by atoms with Crippen molar-refractivity contribution in [2.24, 2.45) is 17.6 Å². The Morgan fingerprint density at radius 1 is 1.26 bits per heavy atom. The summed E-state index contributed by atoms with van der Waals surface area (Å²) in [4.78, 5) is 17.3. The van der Waals surface area contributed by atoms with Gasteiger partial charge in [-0.25, -0.2) is 4.98 Å². The van der Waals surface area contributed by atoms with Gasteiger partial charge < -0.3 is 11.1 Å². The van der Waals surface area contributed by atoms with Crippen LogP contribution in [0.15, 0.2) is 12.1 Å². The molecule has 2 heterocycles. The monoisotopic (exact) mass is 397 g/mol. The Kier molecular flexibility index (Phi) is 4.66. The number of aryl methyl sites for hydroxylation is 1. The SMILES string of the molecule is Cc1c(C(=O)NC2C3CCCC2CC(N)C3)sc2nc(C(F)(F)F)ccc12. The van der Waals surface area contributed by atoms with Crippen LogP contribution in [0.5, 0.6) is 0 Å². The van der Waals surface area contributed by atoms with Crippen molar-refractivity contribution >= 4 is 27.5 Å². The topological polar surface area (TPSA) is 68.0 Å². The first-order valence-electron chi connectivity index (χ1n) is 9.28. The van der Waals surface area contributed by atoms with Gasteiger partial charge in [0.2, 0.25) is 0 Å². The fraction of sp³-hybridized carbons (Fsp3) is 0.579. The maximum atomic E-state index is 12.9. The van der Waals surface area contributed by atoms with Gasteiger partial charge in [0.25, 0.3) is 5.91 Å². The lowest BCUT2D eigenvalue weighted by Crippen LogP contribution is -2.53. The number of thiophene rings is 1. The van der Waals surface area contributed by atoms with Crippen LogP contribution in [-0.2, 0) is 6.18 Å². The largest absolute Gasteiger partial charge is 0.433 e. The quantitative estimate of drug-likeness (QED) is 0.796. The molecule has 2 fully saturated rings. The molecule has 3 N–H and O–H groups in total. The number of aromatic nitrogens is 1. The molecule has 4 nitrogen and oxygen atoms in total. The number of hydrogen-bond acceptors (Lipinski definition) is 4. The molecule has 2 aliphatic carbocycles. The number of nitrogens with one attached hydrogen (secondary N) is 1. The summed E-state index contributed by atoms with van der Waals surface area (Å²) in [6.45, 7) is 1.76. The summed E-state index contributed by atoms with van der Waals surface area (Å²) in [7, 11) is 0. The van der Waals surface area contributed by atoms with Crippen LogP contribution >= 0.6 is 11.3 Å². The maximum Gasteiger partial charge on any atom is 0.433 e. The summed E-state index contributed by atoms with van der Waals surface area (Å²) >= 11 is 1.03. The average molecular weight is 397 g/mol. The molecule has 2 atom stereocenters. The highest BCUT2D eigenvalue weighted by atomic mass is 32.1. The van der Waals surface area contributed by atoms with Gasteiger partial charge in [-0.15, -0.1) is 11.3 Å². The number of alkyl halides is 3. The van der Waals surface area contributed by atoms with E-state index in [9.17, 15) is 18.0 Å². The Morgan fingerprint density at radius 2 is 1.93 bits per heavy atom. The molecule has 2 bridgehead atoms. The standard InChI is InChI=1S/C19H22F3N3OS/c1-9-13-5-6-14(19(20,21)22)24-18(13)27-16(9)17(26)25-15-10-3-2-4-11(15)8-12(23)7-10/h5-6,10-12,15H,2-4,7-8,23H2,1H3,(H,25,26). The Morgan fingerprint density at radius 3 is 2.56 bits per heavy atom. The summed E-state index contributed by atoms with van der Waals surface area (Å²) < 4.78 is 38.7. The van der Waals surface area contributed by atoms with E-state index in [1.165, 1.54) is 12.5 Å². The third kappa shape index (κ3) is 3.45. The number of carbonyl (C=O) groups excluding carboxylic acids is 1. The molecular weight excluding hydrogens is 375 g/mol. The van der Waals surface area contributed by atoms with Crippen molar-refractivity contribution in [3.8, 4) is 0 Å². The van der Waals surface area contributed by atoms with E-state index < -0.39 is 11.9 Å². The molecule has 1 amide bonds. The van der Waals surface area contributed by atoms with E-state index in [0.29, 0.717) is 27.7 Å². The zero-order valence-electron chi connectivity index (χ0n) is 15.0.